The first-order chi connectivity index (χ1) is 8.32. The quantitative estimate of drug-likeness (QED) is 0.867. The molecule has 0 saturated carbocycles. The standard InChI is InChI=1S/C13H18F2N2O/c1-7(2)12(16)13(18)17-8(3)9-4-5-10(14)11(15)6-9/h4-8,12H,16H2,1-3H3,(H,17,18)/t8?,12-/m1/s1. The minimum absolute atomic E-state index is 0.0159. The zero-order chi connectivity index (χ0) is 13.9. The molecule has 0 aliphatic carbocycles. The average Bonchev–Trinajstić information content (AvgIpc) is 2.31. The summed E-state index contributed by atoms with van der Waals surface area (Å²) in [6.45, 7) is 5.37. The molecule has 1 rings (SSSR count). The van der Waals surface area contributed by atoms with Crippen molar-refractivity contribution < 1.29 is 13.6 Å². The van der Waals surface area contributed by atoms with Crippen molar-refractivity contribution in [3.05, 3.63) is 35.4 Å². The van der Waals surface area contributed by atoms with E-state index in [0.29, 0.717) is 5.56 Å². The van der Waals surface area contributed by atoms with E-state index in [1.807, 2.05) is 13.8 Å². The van der Waals surface area contributed by atoms with Gasteiger partial charge in [-0.25, -0.2) is 8.78 Å². The largest absolute Gasteiger partial charge is 0.348 e. The molecule has 1 amide bonds. The van der Waals surface area contributed by atoms with Gasteiger partial charge in [0.25, 0.3) is 0 Å². The molecule has 18 heavy (non-hydrogen) atoms. The second kappa shape index (κ2) is 5.91. The van der Waals surface area contributed by atoms with Crippen LogP contribution < -0.4 is 11.1 Å². The molecule has 100 valence electrons. The Morgan fingerprint density at radius 2 is 1.83 bits per heavy atom. The smallest absolute Gasteiger partial charge is 0.237 e. The van der Waals surface area contributed by atoms with Crippen LogP contribution in [-0.4, -0.2) is 11.9 Å². The van der Waals surface area contributed by atoms with Gasteiger partial charge in [-0.15, -0.1) is 0 Å². The van der Waals surface area contributed by atoms with Crippen LogP contribution >= 0.6 is 0 Å². The summed E-state index contributed by atoms with van der Waals surface area (Å²) >= 11 is 0. The van der Waals surface area contributed by atoms with Gasteiger partial charge >= 0.3 is 0 Å². The molecule has 1 aromatic rings. The van der Waals surface area contributed by atoms with Crippen molar-refractivity contribution in [2.45, 2.75) is 32.9 Å². The first-order valence-electron chi connectivity index (χ1n) is 5.83. The van der Waals surface area contributed by atoms with E-state index in [-0.39, 0.29) is 11.8 Å². The van der Waals surface area contributed by atoms with Crippen molar-refractivity contribution in [3.63, 3.8) is 0 Å². The lowest BCUT2D eigenvalue weighted by atomic mass is 10.0. The molecular weight excluding hydrogens is 238 g/mol. The van der Waals surface area contributed by atoms with Gasteiger partial charge in [-0.3, -0.25) is 4.79 Å². The van der Waals surface area contributed by atoms with Gasteiger partial charge in [0.15, 0.2) is 11.6 Å². The predicted molar refractivity (Wildman–Crippen MR) is 65.7 cm³/mol. The Bertz CT molecular complexity index is 435. The summed E-state index contributed by atoms with van der Waals surface area (Å²) in [5.74, 6) is -2.12. The third kappa shape index (κ3) is 3.50. The first kappa shape index (κ1) is 14.6. The molecule has 0 radical (unpaired) electrons. The monoisotopic (exact) mass is 256 g/mol. The van der Waals surface area contributed by atoms with Crippen molar-refractivity contribution in [3.8, 4) is 0 Å². The first-order valence-corrected chi connectivity index (χ1v) is 5.83. The number of carbonyl (C=O) groups excluding carboxylic acids is 1. The Morgan fingerprint density at radius 1 is 1.22 bits per heavy atom. The van der Waals surface area contributed by atoms with Gasteiger partial charge in [-0.05, 0) is 30.5 Å². The highest BCUT2D eigenvalue weighted by atomic mass is 19.2. The second-order valence-corrected chi connectivity index (χ2v) is 4.67. The van der Waals surface area contributed by atoms with Gasteiger partial charge in [0.1, 0.15) is 0 Å². The van der Waals surface area contributed by atoms with E-state index in [9.17, 15) is 13.6 Å². The molecule has 2 atom stereocenters. The van der Waals surface area contributed by atoms with E-state index < -0.39 is 23.7 Å². The lowest BCUT2D eigenvalue weighted by molar-refractivity contribution is -0.123. The van der Waals surface area contributed by atoms with Crippen molar-refractivity contribution in [2.24, 2.45) is 11.7 Å². The summed E-state index contributed by atoms with van der Waals surface area (Å²) in [6.07, 6.45) is 0. The van der Waals surface area contributed by atoms with Crippen LogP contribution in [0.15, 0.2) is 18.2 Å². The highest BCUT2D eigenvalue weighted by Gasteiger charge is 2.19. The van der Waals surface area contributed by atoms with Crippen LogP contribution in [-0.2, 0) is 4.79 Å². The molecule has 0 aliphatic heterocycles. The topological polar surface area (TPSA) is 55.1 Å². The molecule has 0 aromatic heterocycles. The Kier molecular flexibility index (Phi) is 4.78. The van der Waals surface area contributed by atoms with Gasteiger partial charge in [0, 0.05) is 0 Å². The summed E-state index contributed by atoms with van der Waals surface area (Å²) in [6, 6.07) is 2.51. The zero-order valence-corrected chi connectivity index (χ0v) is 10.7. The number of amides is 1. The van der Waals surface area contributed by atoms with Crippen molar-refractivity contribution >= 4 is 5.91 Å². The lowest BCUT2D eigenvalue weighted by Crippen LogP contribution is -2.44. The van der Waals surface area contributed by atoms with Crippen molar-refractivity contribution in [2.75, 3.05) is 0 Å². The number of benzene rings is 1. The number of halogens is 2. The van der Waals surface area contributed by atoms with Gasteiger partial charge in [0.05, 0.1) is 12.1 Å². The zero-order valence-electron chi connectivity index (χ0n) is 10.7. The SMILES string of the molecule is CC(NC(=O)[C@H](N)C(C)C)c1ccc(F)c(F)c1. The Balaban J connectivity index is 2.73. The second-order valence-electron chi connectivity index (χ2n) is 4.67. The lowest BCUT2D eigenvalue weighted by Gasteiger charge is -2.20. The third-order valence-electron chi connectivity index (χ3n) is 2.82. The summed E-state index contributed by atoms with van der Waals surface area (Å²) in [7, 11) is 0. The fourth-order valence-electron chi connectivity index (χ4n) is 1.48. The summed E-state index contributed by atoms with van der Waals surface area (Å²) in [5, 5.41) is 2.67. The molecule has 5 heteroatoms. The average molecular weight is 256 g/mol. The van der Waals surface area contributed by atoms with Crippen LogP contribution in [0.3, 0.4) is 0 Å². The third-order valence-corrected chi connectivity index (χ3v) is 2.82. The summed E-state index contributed by atoms with van der Waals surface area (Å²) in [5.41, 5.74) is 6.19. The molecule has 0 aliphatic rings. The van der Waals surface area contributed by atoms with Crippen LogP contribution in [0.1, 0.15) is 32.4 Å². The molecular formula is C13H18F2N2O. The molecule has 1 aromatic carbocycles. The van der Waals surface area contributed by atoms with E-state index in [1.165, 1.54) is 6.07 Å². The molecule has 3 N–H and O–H groups in total. The molecule has 0 spiro atoms. The van der Waals surface area contributed by atoms with E-state index in [4.69, 9.17) is 5.73 Å². The van der Waals surface area contributed by atoms with Crippen LogP contribution in [0.5, 0.6) is 0 Å². The van der Waals surface area contributed by atoms with E-state index >= 15 is 0 Å². The van der Waals surface area contributed by atoms with E-state index in [1.54, 1.807) is 6.92 Å². The minimum Gasteiger partial charge on any atom is -0.348 e. The maximum Gasteiger partial charge on any atom is 0.237 e. The van der Waals surface area contributed by atoms with Gasteiger partial charge < -0.3 is 11.1 Å². The summed E-state index contributed by atoms with van der Waals surface area (Å²) < 4.78 is 25.8. The number of carbonyl (C=O) groups is 1. The van der Waals surface area contributed by atoms with Crippen molar-refractivity contribution in [1.82, 2.24) is 5.32 Å². The highest BCUT2D eigenvalue weighted by molar-refractivity contribution is 5.82. The molecule has 0 bridgehead atoms. The Hall–Kier alpha value is -1.49. The van der Waals surface area contributed by atoms with Crippen LogP contribution in [0, 0.1) is 17.6 Å². The fraction of sp³-hybridized carbons (Fsp3) is 0.462. The van der Waals surface area contributed by atoms with Crippen LogP contribution in [0.4, 0.5) is 8.78 Å². The number of rotatable bonds is 4. The number of hydrogen-bond donors (Lipinski definition) is 2. The fourth-order valence-corrected chi connectivity index (χ4v) is 1.48. The highest BCUT2D eigenvalue weighted by Crippen LogP contribution is 2.16. The van der Waals surface area contributed by atoms with Crippen LogP contribution in [0.2, 0.25) is 0 Å². The normalized spacial score (nSPS) is 14.4. The van der Waals surface area contributed by atoms with Gasteiger partial charge in [-0.1, -0.05) is 19.9 Å². The number of nitrogens with two attached hydrogens (primary N) is 1. The Labute approximate surface area is 105 Å². The maximum atomic E-state index is 13.1. The minimum atomic E-state index is -0.929. The molecule has 0 heterocycles. The van der Waals surface area contributed by atoms with Crippen molar-refractivity contribution in [1.29, 1.82) is 0 Å². The van der Waals surface area contributed by atoms with Crippen LogP contribution in [0.25, 0.3) is 0 Å². The van der Waals surface area contributed by atoms with Gasteiger partial charge in [-0.2, -0.15) is 0 Å². The molecule has 0 saturated heterocycles. The number of hydrogen-bond acceptors (Lipinski definition) is 2. The van der Waals surface area contributed by atoms with E-state index in [2.05, 4.69) is 5.32 Å². The maximum absolute atomic E-state index is 13.1. The predicted octanol–water partition coefficient (Wildman–Crippen LogP) is 2.13. The molecule has 3 nitrogen and oxygen atoms in total. The number of nitrogens with one attached hydrogen (secondary N) is 1. The Morgan fingerprint density at radius 3 is 2.33 bits per heavy atom. The van der Waals surface area contributed by atoms with E-state index in [0.717, 1.165) is 12.1 Å². The van der Waals surface area contributed by atoms with Gasteiger partial charge in [0.2, 0.25) is 5.91 Å². The molecule has 1 unspecified atom stereocenters. The summed E-state index contributed by atoms with van der Waals surface area (Å²) in [4.78, 5) is 11.7. The molecule has 0 fully saturated rings.